The molecule has 0 bridgehead atoms. The van der Waals surface area contributed by atoms with Gasteiger partial charge in [-0.05, 0) is 0 Å². The predicted molar refractivity (Wildman–Crippen MR) is 21.0 cm³/mol. The Bertz CT molecular complexity index is 11.6. The average molecular weight is 280 g/mol. The third-order valence-corrected chi connectivity index (χ3v) is 0. The second-order valence-corrected chi connectivity index (χ2v) is 0. The molecule has 0 amide bonds. The van der Waals surface area contributed by atoms with E-state index in [1.165, 1.54) is 0 Å². The van der Waals surface area contributed by atoms with Crippen molar-refractivity contribution < 1.29 is 50.5 Å². The molecule has 0 heterocycles. The SMILES string of the molecule is [GaH3].[H-].[InH3].[Na+].[Zn]. The summed E-state index contributed by atoms with van der Waals surface area (Å²) in [6.45, 7) is 0. The number of hydrogen-bond acceptors (Lipinski definition) is 0. The van der Waals surface area contributed by atoms with Crippen LogP contribution in [0.2, 0.25) is 0 Å². The molecule has 0 aromatic carbocycles. The van der Waals surface area contributed by atoms with Crippen LogP contribution in [0.4, 0.5) is 0 Å². The summed E-state index contributed by atoms with van der Waals surface area (Å²) in [5.74, 6) is 0. The quantitative estimate of drug-likeness (QED) is 0.389. The van der Waals surface area contributed by atoms with Crippen LogP contribution in [0.25, 0.3) is 0 Å². The van der Waals surface area contributed by atoms with Gasteiger partial charge >= 0.3 is 75.2 Å². The van der Waals surface area contributed by atoms with Gasteiger partial charge in [0.15, 0.2) is 0 Å². The molecule has 0 aromatic heterocycles. The number of hydrogen-bond donors (Lipinski definition) is 0. The van der Waals surface area contributed by atoms with Crippen LogP contribution in [-0.4, -0.2) is 45.6 Å². The van der Waals surface area contributed by atoms with Crippen LogP contribution in [0.3, 0.4) is 0 Å². The first-order chi connectivity index (χ1) is 0. The Morgan fingerprint density at radius 2 is 1.25 bits per heavy atom. The van der Waals surface area contributed by atoms with Gasteiger partial charge in [-0.3, -0.25) is 0 Å². The zero-order chi connectivity index (χ0) is 0. The Morgan fingerprint density at radius 3 is 1.25 bits per heavy atom. The summed E-state index contributed by atoms with van der Waals surface area (Å²) >= 11 is 0. The zero-order valence-electron chi connectivity index (χ0n) is 2.71. The molecule has 0 aliphatic rings. The van der Waals surface area contributed by atoms with Crippen molar-refractivity contribution in [3.05, 3.63) is 0 Å². The molecule has 0 atom stereocenters. The third kappa shape index (κ3) is 8.93. The molecule has 0 N–H and O–H groups in total. The molecule has 0 spiro atoms. The van der Waals surface area contributed by atoms with E-state index in [1.807, 2.05) is 0 Å². The van der Waals surface area contributed by atoms with E-state index in [9.17, 15) is 0 Å². The molecule has 0 fully saturated rings. The third-order valence-electron chi connectivity index (χ3n) is 0. The topological polar surface area (TPSA) is 0 Å². The average Bonchev–Trinajstić information content (AvgIpc) is 0. The molecule has 4 heteroatoms. The summed E-state index contributed by atoms with van der Waals surface area (Å²) < 4.78 is 0. The molecular formula is H7GaInNaZn. The van der Waals surface area contributed by atoms with Crippen molar-refractivity contribution in [2.45, 2.75) is 0 Å². The molecule has 16 valence electrons. The van der Waals surface area contributed by atoms with Crippen molar-refractivity contribution in [3.8, 4) is 0 Å². The van der Waals surface area contributed by atoms with Gasteiger partial charge < -0.3 is 1.43 Å². The monoisotopic (exact) mass is 278 g/mol. The first-order valence-corrected chi connectivity index (χ1v) is 0. The van der Waals surface area contributed by atoms with Gasteiger partial charge in [0.2, 0.25) is 0 Å². The van der Waals surface area contributed by atoms with Crippen molar-refractivity contribution in [2.24, 2.45) is 0 Å². The molecule has 0 aliphatic carbocycles. The minimum atomic E-state index is 0. The first kappa shape index (κ1) is 27.3. The van der Waals surface area contributed by atoms with E-state index in [0.717, 1.165) is 0 Å². The van der Waals surface area contributed by atoms with Crippen molar-refractivity contribution in [1.29, 1.82) is 0 Å². The van der Waals surface area contributed by atoms with Gasteiger partial charge in [0.05, 0.1) is 0 Å². The summed E-state index contributed by atoms with van der Waals surface area (Å²) in [6, 6.07) is 0. The van der Waals surface area contributed by atoms with E-state index in [1.54, 1.807) is 0 Å². The second-order valence-electron chi connectivity index (χ2n) is 0. The fourth-order valence-electron chi connectivity index (χ4n) is 0. The maximum Gasteiger partial charge on any atom is 1.00 e. The van der Waals surface area contributed by atoms with E-state index in [2.05, 4.69) is 0 Å². The summed E-state index contributed by atoms with van der Waals surface area (Å²) in [6.07, 6.45) is 0. The van der Waals surface area contributed by atoms with Crippen molar-refractivity contribution >= 4 is 45.6 Å². The molecule has 0 saturated heterocycles. The molecule has 0 saturated carbocycles. The van der Waals surface area contributed by atoms with Crippen LogP contribution in [0.5, 0.6) is 0 Å². The maximum absolute atomic E-state index is 0. The molecule has 0 aromatic rings. The Labute approximate surface area is 94.2 Å². The fourth-order valence-corrected chi connectivity index (χ4v) is 0. The van der Waals surface area contributed by atoms with Gasteiger partial charge in [0.25, 0.3) is 0 Å². The molecule has 0 rings (SSSR count). The minimum Gasteiger partial charge on any atom is 0 e. The molecule has 0 radical (unpaired) electrons. The van der Waals surface area contributed by atoms with Gasteiger partial charge in [-0.15, -0.1) is 0 Å². The van der Waals surface area contributed by atoms with Gasteiger partial charge in [-0.2, -0.15) is 0 Å². The van der Waals surface area contributed by atoms with Crippen molar-refractivity contribution in [2.75, 3.05) is 0 Å². The Hall–Kier alpha value is 3.13. The predicted octanol–water partition coefficient (Wildman–Crippen LogP) is -5.25. The van der Waals surface area contributed by atoms with E-state index in [-0.39, 0.29) is 96.1 Å². The van der Waals surface area contributed by atoms with Crippen LogP contribution in [0, 0.1) is 0 Å². The van der Waals surface area contributed by atoms with Gasteiger partial charge in [0.1, 0.15) is 0 Å². The van der Waals surface area contributed by atoms with Gasteiger partial charge in [0, 0.05) is 19.5 Å². The standard InChI is InChI=1S/Ga.In.Na.Zn.7H/q;;+1;;;;;;;;-1. The van der Waals surface area contributed by atoms with E-state index in [4.69, 9.17) is 0 Å². The normalized spacial score (nSPS) is 0. The molecule has 0 nitrogen and oxygen atoms in total. The van der Waals surface area contributed by atoms with Crippen LogP contribution in [0.1, 0.15) is 1.43 Å². The fraction of sp³-hybridized carbons (Fsp3) is 0. The van der Waals surface area contributed by atoms with Gasteiger partial charge in [-0.1, -0.05) is 0 Å². The maximum atomic E-state index is 0. The van der Waals surface area contributed by atoms with Crippen LogP contribution < -0.4 is 29.6 Å². The number of rotatable bonds is 0. The summed E-state index contributed by atoms with van der Waals surface area (Å²) in [5, 5.41) is 0. The Balaban J connectivity index is 0. The molecule has 4 heavy (non-hydrogen) atoms. The van der Waals surface area contributed by atoms with Crippen LogP contribution in [0.15, 0.2) is 0 Å². The van der Waals surface area contributed by atoms with Crippen molar-refractivity contribution in [1.82, 2.24) is 0 Å². The summed E-state index contributed by atoms with van der Waals surface area (Å²) in [5.41, 5.74) is 0. The largest absolute Gasteiger partial charge is 1.00 e. The summed E-state index contributed by atoms with van der Waals surface area (Å²) in [7, 11) is 0. The summed E-state index contributed by atoms with van der Waals surface area (Å²) in [4.78, 5) is 0. The zero-order valence-corrected chi connectivity index (χ0v) is 6.67. The molecule has 0 aliphatic heterocycles. The van der Waals surface area contributed by atoms with E-state index < -0.39 is 0 Å². The minimum absolute atomic E-state index is 0. The Kier molecular flexibility index (Phi) is 113. The Morgan fingerprint density at radius 1 is 1.25 bits per heavy atom. The first-order valence-electron chi connectivity index (χ1n) is 0. The second kappa shape index (κ2) is 16.5. The van der Waals surface area contributed by atoms with E-state index in [0.29, 0.717) is 0 Å². The van der Waals surface area contributed by atoms with Crippen LogP contribution in [-0.2, 0) is 19.5 Å². The van der Waals surface area contributed by atoms with Crippen LogP contribution >= 0.6 is 0 Å². The molecule has 0 unspecified atom stereocenters. The van der Waals surface area contributed by atoms with Gasteiger partial charge in [-0.25, -0.2) is 0 Å². The van der Waals surface area contributed by atoms with E-state index >= 15 is 0 Å². The molecular weight excluding hydrogens is 273 g/mol. The van der Waals surface area contributed by atoms with Crippen molar-refractivity contribution in [3.63, 3.8) is 0 Å². The smallest absolute Gasteiger partial charge is 0 e.